The Hall–Kier alpha value is -1.82. The van der Waals surface area contributed by atoms with E-state index in [-0.39, 0.29) is 10.6 Å². The van der Waals surface area contributed by atoms with E-state index >= 15 is 0 Å². The van der Waals surface area contributed by atoms with E-state index in [1.165, 1.54) is 0 Å². The molecule has 0 radical (unpaired) electrons. The summed E-state index contributed by atoms with van der Waals surface area (Å²) >= 11 is 0. The van der Waals surface area contributed by atoms with Crippen LogP contribution < -0.4 is 9.64 Å². The molecule has 1 saturated heterocycles. The Balaban J connectivity index is 2.02. The van der Waals surface area contributed by atoms with Gasteiger partial charge in [-0.05, 0) is 0 Å². The van der Waals surface area contributed by atoms with E-state index in [2.05, 4.69) is 0 Å². The third-order valence-electron chi connectivity index (χ3n) is 3.34. The van der Waals surface area contributed by atoms with Crippen LogP contribution >= 0.6 is 0 Å². The molecule has 6 heteroatoms. The van der Waals surface area contributed by atoms with Gasteiger partial charge in [0, 0.05) is 37.2 Å². The van der Waals surface area contributed by atoms with E-state index in [4.69, 9.17) is 9.47 Å². The first kappa shape index (κ1) is 11.3. The second-order valence-corrected chi connectivity index (χ2v) is 4.40. The Morgan fingerprint density at radius 3 is 2.72 bits per heavy atom. The average Bonchev–Trinajstić information content (AvgIpc) is 2.85. The summed E-state index contributed by atoms with van der Waals surface area (Å²) in [5.74, 6) is 0.780. The topological polar surface area (TPSA) is 64.8 Å². The molecular weight excluding hydrogens is 236 g/mol. The van der Waals surface area contributed by atoms with Crippen molar-refractivity contribution in [1.29, 1.82) is 0 Å². The molecule has 0 saturated carbocycles. The largest absolute Gasteiger partial charge is 0.493 e. The smallest absolute Gasteiger partial charge is 0.293 e. The molecule has 18 heavy (non-hydrogen) atoms. The second kappa shape index (κ2) is 4.45. The van der Waals surface area contributed by atoms with E-state index in [0.717, 1.165) is 17.7 Å². The first-order valence-electron chi connectivity index (χ1n) is 6.02. The molecule has 3 rings (SSSR count). The Labute approximate surface area is 104 Å². The van der Waals surface area contributed by atoms with Crippen LogP contribution in [-0.2, 0) is 11.2 Å². The maximum atomic E-state index is 11.2. The summed E-state index contributed by atoms with van der Waals surface area (Å²) in [6.45, 7) is 3.18. The molecule has 96 valence electrons. The van der Waals surface area contributed by atoms with Crippen LogP contribution in [0.3, 0.4) is 0 Å². The van der Waals surface area contributed by atoms with Crippen molar-refractivity contribution in [3.63, 3.8) is 0 Å². The molecule has 1 aromatic rings. The minimum Gasteiger partial charge on any atom is -0.493 e. The molecule has 1 fully saturated rings. The Kier molecular flexibility index (Phi) is 2.79. The lowest BCUT2D eigenvalue weighted by molar-refractivity contribution is -0.384. The fourth-order valence-corrected chi connectivity index (χ4v) is 2.41. The predicted molar refractivity (Wildman–Crippen MR) is 65.3 cm³/mol. The Morgan fingerprint density at radius 1 is 1.22 bits per heavy atom. The van der Waals surface area contributed by atoms with E-state index in [0.29, 0.717) is 38.6 Å². The zero-order valence-corrected chi connectivity index (χ0v) is 9.92. The lowest BCUT2D eigenvalue weighted by Gasteiger charge is -2.28. The van der Waals surface area contributed by atoms with Crippen molar-refractivity contribution in [3.05, 3.63) is 27.8 Å². The van der Waals surface area contributed by atoms with Gasteiger partial charge in [0.25, 0.3) is 5.69 Å². The van der Waals surface area contributed by atoms with Crippen molar-refractivity contribution >= 4 is 11.4 Å². The number of morpholine rings is 1. The van der Waals surface area contributed by atoms with Crippen LogP contribution in [0.5, 0.6) is 5.75 Å². The molecular formula is C12H14N2O4. The van der Waals surface area contributed by atoms with Crippen LogP contribution in [0.4, 0.5) is 11.4 Å². The SMILES string of the molecule is O=[N+]([O-])c1cc2c(cc1N1CCOCC1)OCC2. The number of hydrogen-bond donors (Lipinski definition) is 0. The van der Waals surface area contributed by atoms with Gasteiger partial charge in [-0.2, -0.15) is 0 Å². The number of hydrogen-bond acceptors (Lipinski definition) is 5. The maximum absolute atomic E-state index is 11.2. The van der Waals surface area contributed by atoms with Crippen molar-refractivity contribution in [2.24, 2.45) is 0 Å². The fourth-order valence-electron chi connectivity index (χ4n) is 2.41. The normalized spacial score (nSPS) is 18.3. The summed E-state index contributed by atoms with van der Waals surface area (Å²) in [6.07, 6.45) is 0.750. The summed E-state index contributed by atoms with van der Waals surface area (Å²) in [5.41, 5.74) is 1.74. The predicted octanol–water partition coefficient (Wildman–Crippen LogP) is 1.37. The summed E-state index contributed by atoms with van der Waals surface area (Å²) in [7, 11) is 0. The van der Waals surface area contributed by atoms with Gasteiger partial charge >= 0.3 is 0 Å². The van der Waals surface area contributed by atoms with E-state index < -0.39 is 0 Å². The van der Waals surface area contributed by atoms with Gasteiger partial charge in [-0.15, -0.1) is 0 Å². The molecule has 2 heterocycles. The molecule has 0 aliphatic carbocycles. The number of ether oxygens (including phenoxy) is 2. The molecule has 6 nitrogen and oxygen atoms in total. The highest BCUT2D eigenvalue weighted by Crippen LogP contribution is 2.38. The van der Waals surface area contributed by atoms with Crippen LogP contribution in [0.1, 0.15) is 5.56 Å². The van der Waals surface area contributed by atoms with Gasteiger partial charge in [-0.25, -0.2) is 0 Å². The molecule has 2 aliphatic rings. The second-order valence-electron chi connectivity index (χ2n) is 4.40. The van der Waals surface area contributed by atoms with Gasteiger partial charge < -0.3 is 14.4 Å². The minimum absolute atomic E-state index is 0.168. The number of nitro groups is 1. The van der Waals surface area contributed by atoms with Crippen molar-refractivity contribution in [1.82, 2.24) is 0 Å². The standard InChI is InChI=1S/C12H14N2O4/c15-14(16)11-7-9-1-4-18-12(9)8-10(11)13-2-5-17-6-3-13/h7-8H,1-6H2. The number of anilines is 1. The molecule has 0 unspecified atom stereocenters. The van der Waals surface area contributed by atoms with Crippen molar-refractivity contribution in [2.75, 3.05) is 37.8 Å². The zero-order valence-electron chi connectivity index (χ0n) is 9.92. The zero-order chi connectivity index (χ0) is 12.5. The van der Waals surface area contributed by atoms with Crippen LogP contribution in [-0.4, -0.2) is 37.8 Å². The quantitative estimate of drug-likeness (QED) is 0.586. The minimum atomic E-state index is -0.316. The fraction of sp³-hybridized carbons (Fsp3) is 0.500. The first-order chi connectivity index (χ1) is 8.75. The third-order valence-corrected chi connectivity index (χ3v) is 3.34. The van der Waals surface area contributed by atoms with Gasteiger partial charge in [0.1, 0.15) is 11.4 Å². The van der Waals surface area contributed by atoms with Crippen LogP contribution in [0.15, 0.2) is 12.1 Å². The van der Waals surface area contributed by atoms with Gasteiger partial charge in [0.15, 0.2) is 0 Å². The Morgan fingerprint density at radius 2 is 2.00 bits per heavy atom. The highest BCUT2D eigenvalue weighted by Gasteiger charge is 2.26. The summed E-state index contributed by atoms with van der Waals surface area (Å²) in [5, 5.41) is 11.2. The van der Waals surface area contributed by atoms with E-state index in [1.54, 1.807) is 12.1 Å². The van der Waals surface area contributed by atoms with Crippen LogP contribution in [0.2, 0.25) is 0 Å². The summed E-state index contributed by atoms with van der Waals surface area (Å²) in [4.78, 5) is 12.8. The molecule has 0 spiro atoms. The van der Waals surface area contributed by atoms with Crippen molar-refractivity contribution < 1.29 is 14.4 Å². The van der Waals surface area contributed by atoms with E-state index in [9.17, 15) is 10.1 Å². The first-order valence-corrected chi connectivity index (χ1v) is 6.02. The number of nitrogens with zero attached hydrogens (tertiary/aromatic N) is 2. The molecule has 1 aromatic carbocycles. The van der Waals surface area contributed by atoms with Crippen molar-refractivity contribution in [3.8, 4) is 5.75 Å². The highest BCUT2D eigenvalue weighted by atomic mass is 16.6. The van der Waals surface area contributed by atoms with Crippen molar-refractivity contribution in [2.45, 2.75) is 6.42 Å². The lowest BCUT2D eigenvalue weighted by atomic mass is 10.1. The van der Waals surface area contributed by atoms with Gasteiger partial charge in [-0.3, -0.25) is 10.1 Å². The lowest BCUT2D eigenvalue weighted by Crippen LogP contribution is -2.36. The average molecular weight is 250 g/mol. The molecule has 2 aliphatic heterocycles. The van der Waals surface area contributed by atoms with Crippen LogP contribution in [0, 0.1) is 10.1 Å². The molecule has 0 N–H and O–H groups in total. The number of benzene rings is 1. The number of nitro benzene ring substituents is 1. The third kappa shape index (κ3) is 1.88. The molecule has 0 bridgehead atoms. The van der Waals surface area contributed by atoms with Gasteiger partial charge in [0.05, 0.1) is 24.7 Å². The van der Waals surface area contributed by atoms with Gasteiger partial charge in [-0.1, -0.05) is 0 Å². The number of fused-ring (bicyclic) bond motifs is 1. The van der Waals surface area contributed by atoms with E-state index in [1.807, 2.05) is 4.90 Å². The van der Waals surface area contributed by atoms with Gasteiger partial charge in [0.2, 0.25) is 0 Å². The maximum Gasteiger partial charge on any atom is 0.293 e. The molecule has 0 atom stereocenters. The van der Waals surface area contributed by atoms with Crippen LogP contribution in [0.25, 0.3) is 0 Å². The molecule has 0 aromatic heterocycles. The highest BCUT2D eigenvalue weighted by molar-refractivity contribution is 5.68. The summed E-state index contributed by atoms with van der Waals surface area (Å²) in [6, 6.07) is 3.44. The summed E-state index contributed by atoms with van der Waals surface area (Å²) < 4.78 is 10.8. The monoisotopic (exact) mass is 250 g/mol. The number of rotatable bonds is 2. The Bertz CT molecular complexity index is 483. The molecule has 0 amide bonds.